The molecule has 0 atom stereocenters. The van der Waals surface area contributed by atoms with Crippen molar-refractivity contribution in [1.29, 1.82) is 0 Å². The normalized spacial score (nSPS) is 15.1. The fraction of sp³-hybridized carbons (Fsp3) is 0.476. The largest absolute Gasteiger partial charge is 0.351 e. The van der Waals surface area contributed by atoms with E-state index in [-0.39, 0.29) is 22.6 Å². The van der Waals surface area contributed by atoms with Gasteiger partial charge >= 0.3 is 6.03 Å². The van der Waals surface area contributed by atoms with Crippen LogP contribution in [0.2, 0.25) is 0 Å². The van der Waals surface area contributed by atoms with Crippen LogP contribution in [0.15, 0.2) is 39.8 Å². The number of hydrogen-bond acceptors (Lipinski definition) is 6. The summed E-state index contributed by atoms with van der Waals surface area (Å²) in [6.07, 6.45) is 6.62. The maximum absolute atomic E-state index is 12.5. The Bertz CT molecular complexity index is 993. The summed E-state index contributed by atoms with van der Waals surface area (Å²) in [5, 5.41) is 9.15. The Morgan fingerprint density at radius 2 is 1.77 bits per heavy atom. The van der Waals surface area contributed by atoms with Gasteiger partial charge in [-0.25, -0.2) is 17.9 Å². The number of aryl methyl sites for hydroxylation is 1. The number of hydrogen-bond donors (Lipinski definition) is 3. The maximum atomic E-state index is 12.5. The maximum Gasteiger partial charge on any atom is 0.328 e. The van der Waals surface area contributed by atoms with Gasteiger partial charge in [0.1, 0.15) is 0 Å². The number of carbonyl (C=O) groups is 2. The van der Waals surface area contributed by atoms with Gasteiger partial charge in [0.25, 0.3) is 15.9 Å². The highest BCUT2D eigenvalue weighted by Gasteiger charge is 2.20. The highest BCUT2D eigenvalue weighted by Crippen LogP contribution is 2.17. The van der Waals surface area contributed by atoms with Crippen molar-refractivity contribution in [3.8, 4) is 0 Å². The minimum Gasteiger partial charge on any atom is -0.351 e. The first-order chi connectivity index (χ1) is 14.8. The molecule has 1 aliphatic carbocycles. The molecular weight excluding hydrogens is 420 g/mol. The molecule has 0 saturated heterocycles. The molecule has 10 heteroatoms. The lowest BCUT2D eigenvalue weighted by Crippen LogP contribution is -2.44. The number of sulfonamides is 1. The van der Waals surface area contributed by atoms with Crippen molar-refractivity contribution >= 4 is 22.0 Å². The van der Waals surface area contributed by atoms with Gasteiger partial charge in [0.2, 0.25) is 5.76 Å². The van der Waals surface area contributed by atoms with Gasteiger partial charge in [0.15, 0.2) is 0 Å². The molecule has 0 spiro atoms. The van der Waals surface area contributed by atoms with Crippen molar-refractivity contribution in [2.75, 3.05) is 6.54 Å². The summed E-state index contributed by atoms with van der Waals surface area (Å²) in [5.41, 5.74) is 1.47. The van der Waals surface area contributed by atoms with Crippen molar-refractivity contribution in [2.24, 2.45) is 0 Å². The molecule has 0 aliphatic heterocycles. The summed E-state index contributed by atoms with van der Waals surface area (Å²) < 4.78 is 31.9. The molecule has 0 unspecified atom stereocenters. The highest BCUT2D eigenvalue weighted by atomic mass is 32.2. The van der Waals surface area contributed by atoms with Crippen molar-refractivity contribution < 1.29 is 22.5 Å². The van der Waals surface area contributed by atoms with E-state index in [2.05, 4.69) is 20.5 Å². The molecule has 168 valence electrons. The van der Waals surface area contributed by atoms with Crippen LogP contribution in [0.3, 0.4) is 0 Å². The van der Waals surface area contributed by atoms with Gasteiger partial charge in [0, 0.05) is 18.7 Å². The molecule has 1 aliphatic rings. The first-order valence-electron chi connectivity index (χ1n) is 10.5. The van der Waals surface area contributed by atoms with Crippen LogP contribution in [0.1, 0.15) is 60.3 Å². The van der Waals surface area contributed by atoms with Crippen LogP contribution < -0.4 is 15.4 Å². The number of nitrogens with one attached hydrogen (secondary N) is 3. The molecule has 0 radical (unpaired) electrons. The van der Waals surface area contributed by atoms with Gasteiger partial charge in [-0.15, -0.1) is 0 Å². The summed E-state index contributed by atoms with van der Waals surface area (Å²) in [5.74, 6) is -0.212. The third kappa shape index (κ3) is 6.81. The molecule has 31 heavy (non-hydrogen) atoms. The minimum absolute atomic E-state index is 0.00781. The Morgan fingerprint density at radius 1 is 1.10 bits per heavy atom. The van der Waals surface area contributed by atoms with E-state index < -0.39 is 16.1 Å². The SMILES string of the molecule is Cc1cc(C(=O)NCCc2ccc(S(=O)(=O)NC(=O)NC3CCCCCC3)cc2)on1. The molecule has 1 aromatic heterocycles. The van der Waals surface area contributed by atoms with Crippen molar-refractivity contribution in [3.05, 3.63) is 47.3 Å². The Labute approximate surface area is 182 Å². The molecule has 1 fully saturated rings. The number of urea groups is 1. The zero-order valence-corrected chi connectivity index (χ0v) is 18.3. The van der Waals surface area contributed by atoms with Gasteiger partial charge < -0.3 is 15.2 Å². The summed E-state index contributed by atoms with van der Waals surface area (Å²) in [4.78, 5) is 24.1. The Balaban J connectivity index is 1.48. The van der Waals surface area contributed by atoms with Crippen LogP contribution in [0.4, 0.5) is 4.79 Å². The number of carbonyl (C=O) groups excluding carboxylic acids is 2. The second kappa shape index (κ2) is 10.4. The van der Waals surface area contributed by atoms with Crippen molar-refractivity contribution in [1.82, 2.24) is 20.5 Å². The highest BCUT2D eigenvalue weighted by molar-refractivity contribution is 7.90. The van der Waals surface area contributed by atoms with E-state index in [1.165, 1.54) is 12.1 Å². The zero-order valence-electron chi connectivity index (χ0n) is 17.5. The molecule has 2 aromatic rings. The average molecular weight is 449 g/mol. The average Bonchev–Trinajstić information content (AvgIpc) is 3.00. The lowest BCUT2D eigenvalue weighted by atomic mass is 10.1. The van der Waals surface area contributed by atoms with Crippen LogP contribution >= 0.6 is 0 Å². The van der Waals surface area contributed by atoms with E-state index >= 15 is 0 Å². The molecule has 3 rings (SSSR count). The second-order valence-corrected chi connectivity index (χ2v) is 9.43. The van der Waals surface area contributed by atoms with Crippen LogP contribution in [0, 0.1) is 6.92 Å². The Hall–Kier alpha value is -2.88. The van der Waals surface area contributed by atoms with E-state index in [1.54, 1.807) is 25.1 Å². The number of nitrogens with zero attached hydrogens (tertiary/aromatic N) is 1. The third-order valence-corrected chi connectivity index (χ3v) is 6.55. The topological polar surface area (TPSA) is 130 Å². The number of rotatable bonds is 7. The number of aromatic nitrogens is 1. The molecule has 1 saturated carbocycles. The monoisotopic (exact) mass is 448 g/mol. The number of amides is 3. The first kappa shape index (κ1) is 22.8. The third-order valence-electron chi connectivity index (χ3n) is 5.20. The smallest absolute Gasteiger partial charge is 0.328 e. The van der Waals surface area contributed by atoms with Gasteiger partial charge in [-0.3, -0.25) is 4.79 Å². The van der Waals surface area contributed by atoms with Crippen molar-refractivity contribution in [2.45, 2.75) is 62.8 Å². The standard InChI is InChI=1S/C21H28N4O5S/c1-15-14-19(30-24-15)20(26)22-13-12-16-8-10-18(11-9-16)31(28,29)25-21(27)23-17-6-4-2-3-5-7-17/h8-11,14,17H,2-7,12-13H2,1H3,(H,22,26)(H2,23,25,27). The molecule has 9 nitrogen and oxygen atoms in total. The van der Waals surface area contributed by atoms with E-state index in [4.69, 9.17) is 4.52 Å². The Morgan fingerprint density at radius 3 is 2.39 bits per heavy atom. The quantitative estimate of drug-likeness (QED) is 0.558. The molecule has 1 aromatic carbocycles. The Kier molecular flexibility index (Phi) is 7.67. The zero-order chi connectivity index (χ0) is 22.3. The van der Waals surface area contributed by atoms with Crippen LogP contribution in [0.25, 0.3) is 0 Å². The van der Waals surface area contributed by atoms with Crippen LogP contribution in [-0.2, 0) is 16.4 Å². The molecule has 0 bridgehead atoms. The van der Waals surface area contributed by atoms with Gasteiger partial charge in [-0.2, -0.15) is 0 Å². The fourth-order valence-corrected chi connectivity index (χ4v) is 4.45. The van der Waals surface area contributed by atoms with Crippen LogP contribution in [-0.4, -0.2) is 38.1 Å². The molecule has 3 amide bonds. The summed E-state index contributed by atoms with van der Waals surface area (Å²) in [6, 6.07) is 7.06. The molecule has 3 N–H and O–H groups in total. The predicted molar refractivity (Wildman–Crippen MR) is 114 cm³/mol. The summed E-state index contributed by atoms with van der Waals surface area (Å²) in [7, 11) is -3.95. The van der Waals surface area contributed by atoms with Crippen LogP contribution in [0.5, 0.6) is 0 Å². The van der Waals surface area contributed by atoms with Gasteiger partial charge in [-0.05, 0) is 43.9 Å². The predicted octanol–water partition coefficient (Wildman–Crippen LogP) is 2.67. The number of benzene rings is 1. The van der Waals surface area contributed by atoms with E-state index in [9.17, 15) is 18.0 Å². The summed E-state index contributed by atoms with van der Waals surface area (Å²) in [6.45, 7) is 2.08. The molecular formula is C21H28N4O5S. The summed E-state index contributed by atoms with van der Waals surface area (Å²) >= 11 is 0. The van der Waals surface area contributed by atoms with Crippen molar-refractivity contribution in [3.63, 3.8) is 0 Å². The first-order valence-corrected chi connectivity index (χ1v) is 12.0. The van der Waals surface area contributed by atoms with E-state index in [1.807, 2.05) is 0 Å². The lowest BCUT2D eigenvalue weighted by Gasteiger charge is -2.16. The van der Waals surface area contributed by atoms with Gasteiger partial charge in [0.05, 0.1) is 10.6 Å². The van der Waals surface area contributed by atoms with Gasteiger partial charge in [-0.1, -0.05) is 43.0 Å². The van der Waals surface area contributed by atoms with E-state index in [0.717, 1.165) is 44.1 Å². The second-order valence-electron chi connectivity index (χ2n) is 7.75. The minimum atomic E-state index is -3.95. The fourth-order valence-electron chi connectivity index (χ4n) is 3.53. The van der Waals surface area contributed by atoms with E-state index in [0.29, 0.717) is 18.7 Å². The molecule has 1 heterocycles. The lowest BCUT2D eigenvalue weighted by molar-refractivity contribution is 0.0917.